The summed E-state index contributed by atoms with van der Waals surface area (Å²) in [5.41, 5.74) is 1.33. The van der Waals surface area contributed by atoms with Crippen LogP contribution in [0.1, 0.15) is 12.0 Å². The summed E-state index contributed by atoms with van der Waals surface area (Å²) >= 11 is 1.75. The summed E-state index contributed by atoms with van der Waals surface area (Å²) in [6.45, 7) is 6.10. The molecule has 0 bridgehead atoms. The molecule has 0 aromatic heterocycles. The Morgan fingerprint density at radius 1 is 1.17 bits per heavy atom. The van der Waals surface area contributed by atoms with E-state index in [-0.39, 0.29) is 17.7 Å². The topological polar surface area (TPSA) is 35.6 Å². The minimum atomic E-state index is 0. The van der Waals surface area contributed by atoms with E-state index in [1.54, 1.807) is 11.8 Å². The minimum absolute atomic E-state index is 0. The van der Waals surface area contributed by atoms with Crippen LogP contribution in [0.3, 0.4) is 0 Å². The molecule has 0 radical (unpaired) electrons. The Morgan fingerprint density at radius 2 is 1.96 bits per heavy atom. The van der Waals surface area contributed by atoms with Crippen molar-refractivity contribution in [3.05, 3.63) is 29.8 Å². The molecule has 1 aromatic rings. The van der Waals surface area contributed by atoms with Gasteiger partial charge >= 0.3 is 0 Å². The van der Waals surface area contributed by atoms with E-state index in [4.69, 9.17) is 0 Å². The van der Waals surface area contributed by atoms with Crippen LogP contribution < -0.4 is 5.32 Å². The molecular formula is C17H24ClN3OS. The second-order valence-corrected chi connectivity index (χ2v) is 7.67. The number of nitrogens with one attached hydrogen (secondary N) is 1. The fourth-order valence-electron chi connectivity index (χ4n) is 3.78. The molecule has 23 heavy (non-hydrogen) atoms. The maximum Gasteiger partial charge on any atom is 0.236 e. The molecule has 2 unspecified atom stereocenters. The Hall–Kier alpha value is -0.750. The van der Waals surface area contributed by atoms with Crippen molar-refractivity contribution >= 4 is 30.1 Å². The Morgan fingerprint density at radius 3 is 2.65 bits per heavy atom. The van der Waals surface area contributed by atoms with Crippen molar-refractivity contribution in [1.29, 1.82) is 0 Å². The van der Waals surface area contributed by atoms with Gasteiger partial charge in [0.25, 0.3) is 0 Å². The second-order valence-electron chi connectivity index (χ2n) is 6.43. The van der Waals surface area contributed by atoms with E-state index < -0.39 is 0 Å². The molecule has 0 spiro atoms. The Kier molecular flexibility index (Phi) is 5.52. The van der Waals surface area contributed by atoms with E-state index >= 15 is 0 Å². The smallest absolute Gasteiger partial charge is 0.236 e. The summed E-state index contributed by atoms with van der Waals surface area (Å²) in [5, 5.41) is 3.53. The lowest BCUT2D eigenvalue weighted by Gasteiger charge is -2.38. The SMILES string of the molecule is Cl.O=C(C1Cc2ccccc2S1)N1CCN(C2CCNC2)CC1. The maximum absolute atomic E-state index is 12.8. The maximum atomic E-state index is 12.8. The van der Waals surface area contributed by atoms with Crippen LogP contribution in [-0.4, -0.2) is 66.3 Å². The zero-order chi connectivity index (χ0) is 14.9. The number of hydrogen-bond donors (Lipinski definition) is 1. The van der Waals surface area contributed by atoms with Crippen LogP contribution in [0.4, 0.5) is 0 Å². The normalized spacial score (nSPS) is 27.6. The molecule has 1 aromatic carbocycles. The summed E-state index contributed by atoms with van der Waals surface area (Å²) in [4.78, 5) is 18.7. The zero-order valence-corrected chi connectivity index (χ0v) is 14.9. The number of nitrogens with zero attached hydrogens (tertiary/aromatic N) is 2. The van der Waals surface area contributed by atoms with Gasteiger partial charge in [0.15, 0.2) is 0 Å². The monoisotopic (exact) mass is 353 g/mol. The van der Waals surface area contributed by atoms with Crippen molar-refractivity contribution in [2.24, 2.45) is 0 Å². The third-order valence-corrected chi connectivity index (χ3v) is 6.40. The van der Waals surface area contributed by atoms with Gasteiger partial charge in [0, 0.05) is 43.7 Å². The molecule has 6 heteroatoms. The van der Waals surface area contributed by atoms with E-state index in [9.17, 15) is 4.79 Å². The van der Waals surface area contributed by atoms with Crippen molar-refractivity contribution in [3.8, 4) is 0 Å². The van der Waals surface area contributed by atoms with E-state index in [1.807, 2.05) is 0 Å². The van der Waals surface area contributed by atoms with Crippen molar-refractivity contribution in [3.63, 3.8) is 0 Å². The highest BCUT2D eigenvalue weighted by Crippen LogP contribution is 2.37. The highest BCUT2D eigenvalue weighted by Gasteiger charge is 2.34. The Balaban J connectivity index is 0.00000156. The predicted molar refractivity (Wildman–Crippen MR) is 96.5 cm³/mol. The number of halogens is 1. The first-order valence-corrected chi connectivity index (χ1v) is 9.17. The Bertz CT molecular complexity index is 532. The molecule has 4 rings (SSSR count). The quantitative estimate of drug-likeness (QED) is 0.876. The van der Waals surface area contributed by atoms with E-state index in [2.05, 4.69) is 39.4 Å². The highest BCUT2D eigenvalue weighted by atomic mass is 35.5. The number of amides is 1. The van der Waals surface area contributed by atoms with Crippen LogP contribution in [0.25, 0.3) is 0 Å². The average molecular weight is 354 g/mol. The number of carbonyl (C=O) groups excluding carboxylic acids is 1. The molecular weight excluding hydrogens is 330 g/mol. The molecule has 2 atom stereocenters. The summed E-state index contributed by atoms with van der Waals surface area (Å²) in [7, 11) is 0. The number of thioether (sulfide) groups is 1. The Labute approximate surface area is 148 Å². The summed E-state index contributed by atoms with van der Waals surface area (Å²) in [5.74, 6) is 0.338. The molecule has 1 N–H and O–H groups in total. The van der Waals surface area contributed by atoms with Crippen LogP contribution in [0.15, 0.2) is 29.2 Å². The van der Waals surface area contributed by atoms with Gasteiger partial charge in [0.2, 0.25) is 5.91 Å². The van der Waals surface area contributed by atoms with Crippen molar-refractivity contribution < 1.29 is 4.79 Å². The third-order valence-electron chi connectivity index (χ3n) is 5.10. The average Bonchev–Trinajstić information content (AvgIpc) is 3.23. The molecule has 3 aliphatic rings. The van der Waals surface area contributed by atoms with Crippen LogP contribution in [-0.2, 0) is 11.2 Å². The molecule has 3 aliphatic heterocycles. The van der Waals surface area contributed by atoms with Gasteiger partial charge < -0.3 is 10.2 Å². The fraction of sp³-hybridized carbons (Fsp3) is 0.588. The summed E-state index contributed by atoms with van der Waals surface area (Å²) in [6, 6.07) is 9.11. The van der Waals surface area contributed by atoms with E-state index in [1.165, 1.54) is 16.9 Å². The van der Waals surface area contributed by atoms with Gasteiger partial charge in [0.05, 0.1) is 5.25 Å². The summed E-state index contributed by atoms with van der Waals surface area (Å²) < 4.78 is 0. The fourth-order valence-corrected chi connectivity index (χ4v) is 5.06. The highest BCUT2D eigenvalue weighted by molar-refractivity contribution is 8.01. The lowest BCUT2D eigenvalue weighted by atomic mass is 10.1. The van der Waals surface area contributed by atoms with E-state index in [0.29, 0.717) is 11.9 Å². The van der Waals surface area contributed by atoms with Crippen LogP contribution in [0.5, 0.6) is 0 Å². The lowest BCUT2D eigenvalue weighted by Crippen LogP contribution is -2.54. The molecule has 2 saturated heterocycles. The zero-order valence-electron chi connectivity index (χ0n) is 13.2. The second kappa shape index (κ2) is 7.43. The van der Waals surface area contributed by atoms with Crippen LogP contribution in [0.2, 0.25) is 0 Å². The van der Waals surface area contributed by atoms with Gasteiger partial charge in [-0.1, -0.05) is 18.2 Å². The molecule has 1 amide bonds. The molecule has 2 fully saturated rings. The van der Waals surface area contributed by atoms with Crippen LogP contribution in [0, 0.1) is 0 Å². The number of piperazine rings is 1. The predicted octanol–water partition coefficient (Wildman–Crippen LogP) is 1.63. The first kappa shape index (κ1) is 17.1. The van der Waals surface area contributed by atoms with Gasteiger partial charge in [0.1, 0.15) is 0 Å². The van der Waals surface area contributed by atoms with Crippen LogP contribution >= 0.6 is 24.2 Å². The number of rotatable bonds is 2. The number of fused-ring (bicyclic) bond motifs is 1. The lowest BCUT2D eigenvalue weighted by molar-refractivity contribution is -0.132. The molecule has 0 saturated carbocycles. The van der Waals surface area contributed by atoms with Crippen molar-refractivity contribution in [2.45, 2.75) is 29.0 Å². The molecule has 3 heterocycles. The minimum Gasteiger partial charge on any atom is -0.339 e. The first-order chi connectivity index (χ1) is 10.8. The number of benzene rings is 1. The van der Waals surface area contributed by atoms with Crippen molar-refractivity contribution in [1.82, 2.24) is 15.1 Å². The van der Waals surface area contributed by atoms with Gasteiger partial charge in [-0.2, -0.15) is 0 Å². The largest absolute Gasteiger partial charge is 0.339 e. The van der Waals surface area contributed by atoms with Gasteiger partial charge in [-0.3, -0.25) is 9.69 Å². The van der Waals surface area contributed by atoms with Gasteiger partial charge in [-0.05, 0) is 31.0 Å². The standard InChI is InChI=1S/C17H23N3OS.ClH/c21-17(16-11-13-3-1-2-4-15(13)22-16)20-9-7-19(8-10-20)14-5-6-18-12-14;/h1-4,14,16,18H,5-12H2;1H. The molecule has 0 aliphatic carbocycles. The molecule has 4 nitrogen and oxygen atoms in total. The van der Waals surface area contributed by atoms with Gasteiger partial charge in [-0.25, -0.2) is 0 Å². The summed E-state index contributed by atoms with van der Waals surface area (Å²) in [6.07, 6.45) is 2.15. The van der Waals surface area contributed by atoms with E-state index in [0.717, 1.165) is 45.7 Å². The number of hydrogen-bond acceptors (Lipinski definition) is 4. The van der Waals surface area contributed by atoms with Crippen molar-refractivity contribution in [2.75, 3.05) is 39.3 Å². The van der Waals surface area contributed by atoms with Gasteiger partial charge in [-0.15, -0.1) is 24.2 Å². The first-order valence-electron chi connectivity index (χ1n) is 8.29. The third kappa shape index (κ3) is 3.53. The number of carbonyl (C=O) groups is 1. The molecule has 126 valence electrons.